The lowest BCUT2D eigenvalue weighted by molar-refractivity contribution is -0.136. The van der Waals surface area contributed by atoms with Crippen molar-refractivity contribution in [3.05, 3.63) is 75.9 Å². The van der Waals surface area contributed by atoms with E-state index in [9.17, 15) is 19.2 Å². The van der Waals surface area contributed by atoms with Gasteiger partial charge in [-0.3, -0.25) is 14.6 Å². The molecule has 5 heterocycles. The monoisotopic (exact) mass is 892 g/mol. The van der Waals surface area contributed by atoms with Crippen LogP contribution in [-0.2, 0) is 28.5 Å². The number of hydrogen-bond donors (Lipinski definition) is 4. The topological polar surface area (TPSA) is 189 Å². The number of amidine groups is 1. The van der Waals surface area contributed by atoms with Gasteiger partial charge in [0.15, 0.2) is 0 Å². The summed E-state index contributed by atoms with van der Waals surface area (Å²) >= 11 is 0. The molecule has 0 bridgehead atoms. The number of H-pyrrole nitrogens is 1. The summed E-state index contributed by atoms with van der Waals surface area (Å²) in [5.41, 5.74) is 6.87. The van der Waals surface area contributed by atoms with Crippen molar-refractivity contribution in [2.45, 2.75) is 107 Å². The lowest BCUT2D eigenvalue weighted by atomic mass is 9.75. The lowest BCUT2D eigenvalue weighted by Gasteiger charge is -2.34. The highest BCUT2D eigenvalue weighted by Crippen LogP contribution is 2.46. The van der Waals surface area contributed by atoms with Crippen molar-refractivity contribution in [1.29, 1.82) is 0 Å². The lowest BCUT2D eigenvalue weighted by Crippen LogP contribution is -2.56. The number of aromatic nitrogens is 2. The Hall–Kier alpha value is -5.48. The van der Waals surface area contributed by atoms with Crippen molar-refractivity contribution in [2.75, 3.05) is 54.2 Å². The maximum Gasteiger partial charge on any atom is 0.407 e. The van der Waals surface area contributed by atoms with Crippen molar-refractivity contribution in [1.82, 2.24) is 35.7 Å². The molecule has 1 aromatic carbocycles. The van der Waals surface area contributed by atoms with E-state index in [0.29, 0.717) is 52.2 Å². The number of alkyl carbamates (subject to hydrolysis) is 2. The van der Waals surface area contributed by atoms with Crippen LogP contribution in [-0.4, -0.2) is 128 Å². The van der Waals surface area contributed by atoms with Crippen LogP contribution in [0.3, 0.4) is 0 Å². The first-order valence-electron chi connectivity index (χ1n) is 23.5. The summed E-state index contributed by atoms with van der Waals surface area (Å²) in [6.07, 6.45) is 14.6. The Morgan fingerprint density at radius 3 is 2.43 bits per heavy atom. The van der Waals surface area contributed by atoms with E-state index >= 15 is 0 Å². The molecule has 2 aromatic rings. The van der Waals surface area contributed by atoms with Gasteiger partial charge in [-0.15, -0.1) is 0 Å². The molecule has 1 unspecified atom stereocenters. The number of aliphatic imine (C=N–C) groups is 1. The number of fused-ring (bicyclic) bond motifs is 6. The normalized spacial score (nSPS) is 28.8. The van der Waals surface area contributed by atoms with Crippen LogP contribution in [0.25, 0.3) is 12.2 Å². The number of nitrogens with zero attached hydrogens (tertiary/aromatic N) is 4. The third-order valence-electron chi connectivity index (χ3n) is 14.7. The van der Waals surface area contributed by atoms with Crippen LogP contribution in [0.1, 0.15) is 117 Å². The number of imidazole rings is 1. The van der Waals surface area contributed by atoms with Crippen molar-refractivity contribution in [3.63, 3.8) is 0 Å². The highest BCUT2D eigenvalue weighted by atomic mass is 16.5. The van der Waals surface area contributed by atoms with Gasteiger partial charge in [-0.25, -0.2) is 14.6 Å². The van der Waals surface area contributed by atoms with Gasteiger partial charge in [0.25, 0.3) is 0 Å². The van der Waals surface area contributed by atoms with Crippen molar-refractivity contribution < 1.29 is 38.1 Å². The average molecular weight is 893 g/mol. The van der Waals surface area contributed by atoms with E-state index in [2.05, 4.69) is 76.4 Å². The van der Waals surface area contributed by atoms with E-state index in [4.69, 9.17) is 28.9 Å². The molecule has 0 spiro atoms. The molecule has 4 amide bonds. The Labute approximate surface area is 381 Å². The maximum absolute atomic E-state index is 14.5. The number of benzene rings is 1. The summed E-state index contributed by atoms with van der Waals surface area (Å²) < 4.78 is 21.0. The zero-order chi connectivity index (χ0) is 45.5. The summed E-state index contributed by atoms with van der Waals surface area (Å²) in [4.78, 5) is 70.9. The van der Waals surface area contributed by atoms with Crippen molar-refractivity contribution in [3.8, 4) is 0 Å². The molecule has 7 aliphatic rings. The van der Waals surface area contributed by atoms with Gasteiger partial charge in [0.1, 0.15) is 29.8 Å². The van der Waals surface area contributed by atoms with E-state index in [1.165, 1.54) is 25.4 Å². The number of nitrogens with one attached hydrogen (secondary N) is 4. The van der Waals surface area contributed by atoms with Gasteiger partial charge in [-0.2, -0.15) is 0 Å². The van der Waals surface area contributed by atoms with Crippen LogP contribution in [0.5, 0.6) is 0 Å². The maximum atomic E-state index is 14.5. The Kier molecular flexibility index (Phi) is 12.9. The molecular formula is C49H64N8O8. The molecule has 65 heavy (non-hydrogen) atoms. The van der Waals surface area contributed by atoms with Gasteiger partial charge in [-0.05, 0) is 84.6 Å². The number of ether oxygens (including phenoxy) is 4. The summed E-state index contributed by atoms with van der Waals surface area (Å²) in [5.74, 6) is 2.02. The zero-order valence-electron chi connectivity index (χ0n) is 38.4. The quantitative estimate of drug-likeness (QED) is 0.216. The molecule has 348 valence electrons. The number of carbonyl (C=O) groups is 4. The fourth-order valence-electron chi connectivity index (χ4n) is 11.4. The van der Waals surface area contributed by atoms with Gasteiger partial charge in [-0.1, -0.05) is 63.3 Å². The second-order valence-corrected chi connectivity index (χ2v) is 19.4. The number of methoxy groups -OCH3 is 3. The number of allylic oxidation sites excluding steroid dienone is 3. The van der Waals surface area contributed by atoms with E-state index in [1.807, 2.05) is 23.6 Å². The van der Waals surface area contributed by atoms with E-state index in [0.717, 1.165) is 53.4 Å². The minimum absolute atomic E-state index is 0.0366. The second kappa shape index (κ2) is 18.8. The van der Waals surface area contributed by atoms with Crippen molar-refractivity contribution >= 4 is 42.0 Å². The fraction of sp³-hybridized carbons (Fsp3) is 0.592. The van der Waals surface area contributed by atoms with Gasteiger partial charge < -0.3 is 49.7 Å². The van der Waals surface area contributed by atoms with Gasteiger partial charge in [0.05, 0.1) is 44.6 Å². The molecule has 3 saturated heterocycles. The molecule has 0 saturated carbocycles. The molecule has 4 N–H and O–H groups in total. The predicted octanol–water partition coefficient (Wildman–Crippen LogP) is 5.77. The van der Waals surface area contributed by atoms with Crippen LogP contribution in [0.2, 0.25) is 0 Å². The first-order valence-corrected chi connectivity index (χ1v) is 23.5. The number of carbonyl (C=O) groups excluding carboxylic acids is 4. The molecule has 0 radical (unpaired) electrons. The standard InChI is InChI=1S/C49H64N8O8/c1-26(2)40(54-48(60)63-5)46(58)56-23-27(3)19-38(56)44-50-36-13-9-32-21-30(7-11-34(32)42(36)52-44)31-8-12-35-33(22-31)10-14-37-43(35)53-45(51-37)39-20-28(25-62-4)24-57(39)47(59)41(55-49(61)64-6)29-15-17-65-18-16-29/h8-10,12-14,21-22,26-30,34,37-41,43H,7,11,15-20,23-25H2,1-6H3,(H,50,52)(H,51,53)(H,54,60)(H,55,61)/t27-,28-,30-,34+,37?,38-,39-,40-,41-,43+/m0/s1. The Morgan fingerprint density at radius 1 is 0.908 bits per heavy atom. The molecule has 10 atom stereocenters. The average Bonchev–Trinajstić information content (AvgIpc) is 4.14. The molecule has 16 heteroatoms. The Bertz CT molecular complexity index is 2280. The van der Waals surface area contributed by atoms with Crippen LogP contribution < -0.4 is 16.0 Å². The fourth-order valence-corrected chi connectivity index (χ4v) is 11.4. The number of likely N-dealkylation sites (tertiary alicyclic amines) is 2. The molecule has 3 fully saturated rings. The van der Waals surface area contributed by atoms with E-state index < -0.39 is 24.3 Å². The zero-order valence-corrected chi connectivity index (χ0v) is 38.4. The van der Waals surface area contributed by atoms with Crippen LogP contribution in [0.4, 0.5) is 9.59 Å². The first-order chi connectivity index (χ1) is 31.4. The first kappa shape index (κ1) is 44.7. The van der Waals surface area contributed by atoms with Crippen molar-refractivity contribution in [2.24, 2.45) is 28.7 Å². The Balaban J connectivity index is 0.910. The summed E-state index contributed by atoms with van der Waals surface area (Å²) in [6.45, 7) is 8.73. The SMILES string of the molecule is COC[C@H]1C[C@@H](C2=N[C@@H]3c4ccc([C@@H]5C=C6C=Cc7nc([C@@H]8C[C@H](C)CN8C(=O)[C@@H](NC(=O)OC)C(C)C)[nH]c7[C@@H]6CC5)cc4C=CC3N2)N(C(=O)[C@@H](NC(=O)OC)C2CCOCC2)C1. The summed E-state index contributed by atoms with van der Waals surface area (Å²) in [6, 6.07) is 4.72. The number of aromatic amines is 1. The highest BCUT2D eigenvalue weighted by molar-refractivity contribution is 5.96. The van der Waals surface area contributed by atoms with Crippen LogP contribution in [0.15, 0.2) is 47.0 Å². The van der Waals surface area contributed by atoms with Gasteiger partial charge in [0.2, 0.25) is 11.8 Å². The van der Waals surface area contributed by atoms with Gasteiger partial charge >= 0.3 is 12.2 Å². The van der Waals surface area contributed by atoms with E-state index in [1.54, 1.807) is 7.11 Å². The molecule has 16 nitrogen and oxygen atoms in total. The molecule has 3 aliphatic carbocycles. The predicted molar refractivity (Wildman–Crippen MR) is 244 cm³/mol. The van der Waals surface area contributed by atoms with Crippen LogP contribution >= 0.6 is 0 Å². The minimum Gasteiger partial charge on any atom is -0.453 e. The molecule has 1 aromatic heterocycles. The number of hydrogen-bond acceptors (Lipinski definition) is 11. The van der Waals surface area contributed by atoms with Crippen LogP contribution in [0, 0.1) is 23.7 Å². The number of rotatable bonds is 11. The molecule has 4 aliphatic heterocycles. The second-order valence-electron chi connectivity index (χ2n) is 19.4. The highest BCUT2D eigenvalue weighted by Gasteiger charge is 2.47. The Morgan fingerprint density at radius 2 is 1.68 bits per heavy atom. The third-order valence-corrected chi connectivity index (χ3v) is 14.7. The largest absolute Gasteiger partial charge is 0.453 e. The smallest absolute Gasteiger partial charge is 0.407 e. The summed E-state index contributed by atoms with van der Waals surface area (Å²) in [5, 5.41) is 9.31. The molecular weight excluding hydrogens is 829 g/mol. The third kappa shape index (κ3) is 8.83. The molecule has 9 rings (SSSR count). The van der Waals surface area contributed by atoms with E-state index in [-0.39, 0.29) is 71.5 Å². The van der Waals surface area contributed by atoms with Gasteiger partial charge in [0, 0.05) is 56.9 Å². The minimum atomic E-state index is -0.725. The summed E-state index contributed by atoms with van der Waals surface area (Å²) in [7, 11) is 4.31. The number of amides is 4.